The molecule has 2 N–H and O–H groups in total. The average molecular weight is 406 g/mol. The van der Waals surface area contributed by atoms with Crippen molar-refractivity contribution >= 4 is 29.9 Å². The fraction of sp³-hybridized carbons (Fsp3) is 0.733. The Morgan fingerprint density at radius 1 is 1.43 bits per heavy atom. The molecule has 0 spiro atoms. The Morgan fingerprint density at radius 3 is 2.71 bits per heavy atom. The average Bonchev–Trinajstić information content (AvgIpc) is 2.92. The second kappa shape index (κ2) is 8.60. The summed E-state index contributed by atoms with van der Waals surface area (Å²) >= 11 is 0. The minimum absolute atomic E-state index is 0. The van der Waals surface area contributed by atoms with Crippen molar-refractivity contribution in [2.45, 2.75) is 59.0 Å². The van der Waals surface area contributed by atoms with Crippen molar-refractivity contribution in [2.75, 3.05) is 6.54 Å². The highest BCUT2D eigenvalue weighted by atomic mass is 127. The monoisotopic (exact) mass is 406 g/mol. The fourth-order valence-electron chi connectivity index (χ4n) is 2.54. The van der Waals surface area contributed by atoms with E-state index in [1.165, 1.54) is 25.7 Å². The number of hydrogen-bond donors (Lipinski definition) is 2. The van der Waals surface area contributed by atoms with Gasteiger partial charge in [0.2, 0.25) is 0 Å². The van der Waals surface area contributed by atoms with Crippen LogP contribution in [0.15, 0.2) is 21.8 Å². The molecule has 1 aromatic rings. The highest BCUT2D eigenvalue weighted by Gasteiger charge is 2.27. The predicted molar refractivity (Wildman–Crippen MR) is 95.9 cm³/mol. The van der Waals surface area contributed by atoms with Crippen LogP contribution in [0.5, 0.6) is 0 Å². The van der Waals surface area contributed by atoms with E-state index in [1.807, 2.05) is 6.07 Å². The minimum Gasteiger partial charge on any atom is -0.364 e. The third-order valence-corrected chi connectivity index (χ3v) is 3.91. The van der Waals surface area contributed by atoms with Crippen LogP contribution in [-0.4, -0.2) is 23.7 Å². The zero-order valence-electron chi connectivity index (χ0n) is 13.2. The van der Waals surface area contributed by atoms with Crippen molar-refractivity contribution in [1.82, 2.24) is 15.8 Å². The van der Waals surface area contributed by atoms with Gasteiger partial charge < -0.3 is 15.2 Å². The number of nitrogens with zero attached hydrogens (tertiary/aromatic N) is 2. The van der Waals surface area contributed by atoms with E-state index in [4.69, 9.17) is 4.52 Å². The fourth-order valence-corrected chi connectivity index (χ4v) is 2.54. The van der Waals surface area contributed by atoms with Gasteiger partial charge in [-0.15, -0.1) is 24.0 Å². The lowest BCUT2D eigenvalue weighted by atomic mass is 9.75. The number of aromatic nitrogens is 1. The molecule has 6 heteroatoms. The third kappa shape index (κ3) is 6.23. The zero-order valence-corrected chi connectivity index (χ0v) is 15.5. The quantitative estimate of drug-likeness (QED) is 0.458. The summed E-state index contributed by atoms with van der Waals surface area (Å²) in [5.74, 6) is 0.875. The first-order chi connectivity index (χ1) is 9.59. The maximum absolute atomic E-state index is 4.82. The Balaban J connectivity index is 0.00000220. The van der Waals surface area contributed by atoms with Crippen LogP contribution in [-0.2, 0) is 6.54 Å². The third-order valence-electron chi connectivity index (χ3n) is 3.91. The molecule has 0 atom stereocenters. The van der Waals surface area contributed by atoms with Gasteiger partial charge in [0, 0.05) is 18.7 Å². The minimum atomic E-state index is 0. The van der Waals surface area contributed by atoms with Crippen molar-refractivity contribution < 1.29 is 4.52 Å². The van der Waals surface area contributed by atoms with Crippen LogP contribution in [0.4, 0.5) is 0 Å². The summed E-state index contributed by atoms with van der Waals surface area (Å²) in [6.45, 7) is 8.20. The summed E-state index contributed by atoms with van der Waals surface area (Å²) in [6.07, 6.45) is 6.54. The van der Waals surface area contributed by atoms with Crippen molar-refractivity contribution in [3.63, 3.8) is 0 Å². The number of aliphatic imine (C=N–C) groups is 1. The Bertz CT molecular complexity index is 421. The number of halogens is 1. The van der Waals surface area contributed by atoms with Crippen LogP contribution in [0, 0.1) is 5.41 Å². The van der Waals surface area contributed by atoms with Gasteiger partial charge in [0.25, 0.3) is 0 Å². The molecule has 120 valence electrons. The standard InChI is InChI=1S/C15H26N4O.HI/c1-4-16-14(17-11-13-7-10-20-19-13)18-12-5-8-15(2,3)9-6-12;/h7,10,12H,4-6,8-9,11H2,1-3H3,(H2,16,17,18);1H. The molecule has 0 amide bonds. The smallest absolute Gasteiger partial charge is 0.191 e. The van der Waals surface area contributed by atoms with Gasteiger partial charge in [-0.2, -0.15) is 0 Å². The van der Waals surface area contributed by atoms with Crippen molar-refractivity contribution in [3.05, 3.63) is 18.0 Å². The molecule has 1 aromatic heterocycles. The Labute approximate surface area is 144 Å². The topological polar surface area (TPSA) is 62.5 Å². The van der Waals surface area contributed by atoms with Crippen molar-refractivity contribution in [3.8, 4) is 0 Å². The molecule has 0 radical (unpaired) electrons. The molecule has 0 aromatic carbocycles. The predicted octanol–water partition coefficient (Wildman–Crippen LogP) is 3.32. The Hall–Kier alpha value is -0.790. The van der Waals surface area contributed by atoms with E-state index >= 15 is 0 Å². The molecule has 1 saturated carbocycles. The summed E-state index contributed by atoms with van der Waals surface area (Å²) in [4.78, 5) is 4.56. The summed E-state index contributed by atoms with van der Waals surface area (Å²) in [5, 5.41) is 10.7. The van der Waals surface area contributed by atoms with E-state index in [-0.39, 0.29) is 24.0 Å². The maximum Gasteiger partial charge on any atom is 0.191 e. The van der Waals surface area contributed by atoms with Crippen LogP contribution in [0.2, 0.25) is 0 Å². The molecule has 21 heavy (non-hydrogen) atoms. The van der Waals surface area contributed by atoms with Gasteiger partial charge in [-0.1, -0.05) is 19.0 Å². The van der Waals surface area contributed by atoms with Crippen LogP contribution in [0.3, 0.4) is 0 Å². The van der Waals surface area contributed by atoms with E-state index in [2.05, 4.69) is 41.6 Å². The largest absolute Gasteiger partial charge is 0.364 e. The molecular formula is C15H27IN4O. The van der Waals surface area contributed by atoms with Crippen molar-refractivity contribution in [1.29, 1.82) is 0 Å². The SMILES string of the molecule is CCNC(=NCc1ccon1)NC1CCC(C)(C)CC1.I. The van der Waals surface area contributed by atoms with Gasteiger partial charge in [0.05, 0.1) is 6.54 Å². The lowest BCUT2D eigenvalue weighted by Gasteiger charge is -2.35. The molecule has 1 fully saturated rings. The van der Waals surface area contributed by atoms with Gasteiger partial charge in [0.1, 0.15) is 12.0 Å². The second-order valence-electron chi connectivity index (χ2n) is 6.27. The summed E-state index contributed by atoms with van der Waals surface area (Å²) in [7, 11) is 0. The van der Waals surface area contributed by atoms with Gasteiger partial charge in [0.15, 0.2) is 5.96 Å². The summed E-state index contributed by atoms with van der Waals surface area (Å²) in [6, 6.07) is 2.37. The van der Waals surface area contributed by atoms with Gasteiger partial charge in [-0.25, -0.2) is 4.99 Å². The second-order valence-corrected chi connectivity index (χ2v) is 6.27. The molecule has 0 aliphatic heterocycles. The highest BCUT2D eigenvalue weighted by Crippen LogP contribution is 2.34. The number of rotatable bonds is 4. The number of hydrogen-bond acceptors (Lipinski definition) is 3. The molecule has 0 saturated heterocycles. The van der Waals surface area contributed by atoms with Crippen LogP contribution in [0.25, 0.3) is 0 Å². The van der Waals surface area contributed by atoms with Gasteiger partial charge in [-0.05, 0) is 38.0 Å². The molecule has 1 heterocycles. The van der Waals surface area contributed by atoms with E-state index in [1.54, 1.807) is 6.26 Å². The van der Waals surface area contributed by atoms with Gasteiger partial charge >= 0.3 is 0 Å². The van der Waals surface area contributed by atoms with Gasteiger partial charge in [-0.3, -0.25) is 0 Å². The molecule has 1 aliphatic rings. The molecule has 5 nitrogen and oxygen atoms in total. The number of guanidine groups is 1. The van der Waals surface area contributed by atoms with Crippen LogP contribution in [0.1, 0.15) is 52.1 Å². The first-order valence-electron chi connectivity index (χ1n) is 7.53. The summed E-state index contributed by atoms with van der Waals surface area (Å²) < 4.78 is 4.82. The van der Waals surface area contributed by atoms with Crippen LogP contribution >= 0.6 is 24.0 Å². The first kappa shape index (κ1) is 18.3. The van der Waals surface area contributed by atoms with E-state index in [9.17, 15) is 0 Å². The highest BCUT2D eigenvalue weighted by molar-refractivity contribution is 14.0. The van der Waals surface area contributed by atoms with E-state index in [0.717, 1.165) is 18.2 Å². The molecule has 1 aliphatic carbocycles. The lowest BCUT2D eigenvalue weighted by molar-refractivity contribution is 0.216. The molecule has 2 rings (SSSR count). The molecular weight excluding hydrogens is 379 g/mol. The van der Waals surface area contributed by atoms with Crippen LogP contribution < -0.4 is 10.6 Å². The molecule has 0 bridgehead atoms. The summed E-state index contributed by atoms with van der Waals surface area (Å²) in [5.41, 5.74) is 1.35. The maximum atomic E-state index is 4.82. The lowest BCUT2D eigenvalue weighted by Crippen LogP contribution is -2.45. The van der Waals surface area contributed by atoms with Crippen molar-refractivity contribution in [2.24, 2.45) is 10.4 Å². The Kier molecular flexibility index (Phi) is 7.48. The zero-order chi connectivity index (χ0) is 14.4. The first-order valence-corrected chi connectivity index (χ1v) is 7.53. The van der Waals surface area contributed by atoms with E-state index < -0.39 is 0 Å². The molecule has 0 unspecified atom stereocenters. The Morgan fingerprint density at radius 2 is 2.14 bits per heavy atom. The number of nitrogens with one attached hydrogen (secondary N) is 2. The normalized spacial score (nSPS) is 18.9. The van der Waals surface area contributed by atoms with E-state index in [0.29, 0.717) is 18.0 Å².